The molecule has 1 aliphatic rings. The molecule has 0 spiro atoms. The lowest BCUT2D eigenvalue weighted by atomic mass is 10.00. The summed E-state index contributed by atoms with van der Waals surface area (Å²) < 4.78 is 8.07. The molecule has 234 valence electrons. The third kappa shape index (κ3) is 7.50. The summed E-state index contributed by atoms with van der Waals surface area (Å²) in [4.78, 5) is 40.6. The number of hydrogen-bond donors (Lipinski definition) is 3. The van der Waals surface area contributed by atoms with Crippen LogP contribution >= 0.6 is 11.6 Å². The SMILES string of the molecule is CCNC(=O)C[C@@H]1N=C(c2ccc(Cl)cc2)c2cc(OCCCNC(=O)c3ccc([Si](C)(C)O)cc3)ccc2-n2c(C)nnc21. The number of amides is 2. The number of carbonyl (C=O) groups is 2. The zero-order valence-electron chi connectivity index (χ0n) is 25.8. The summed E-state index contributed by atoms with van der Waals surface area (Å²) in [6.07, 6.45) is 0.719. The quantitative estimate of drug-likeness (QED) is 0.165. The summed E-state index contributed by atoms with van der Waals surface area (Å²) in [5.41, 5.74) is 3.72. The molecule has 0 radical (unpaired) electrons. The molecule has 1 aromatic heterocycles. The van der Waals surface area contributed by atoms with E-state index >= 15 is 0 Å². The number of ether oxygens (including phenoxy) is 1. The Morgan fingerprint density at radius 1 is 1.02 bits per heavy atom. The molecule has 0 fully saturated rings. The number of rotatable bonds is 11. The molecule has 1 aliphatic heterocycles. The molecular formula is C33H37ClN6O4Si. The smallest absolute Gasteiger partial charge is 0.251 e. The van der Waals surface area contributed by atoms with Crippen LogP contribution in [0.5, 0.6) is 5.75 Å². The van der Waals surface area contributed by atoms with E-state index in [9.17, 15) is 14.4 Å². The number of aromatic nitrogens is 3. The number of halogens is 1. The maximum atomic E-state index is 12.7. The van der Waals surface area contributed by atoms with Crippen molar-refractivity contribution in [3.8, 4) is 11.4 Å². The topological polar surface area (TPSA) is 131 Å². The summed E-state index contributed by atoms with van der Waals surface area (Å²) in [6, 6.07) is 19.8. The Hall–Kier alpha value is -4.32. The van der Waals surface area contributed by atoms with E-state index in [0.717, 1.165) is 22.0 Å². The number of fused-ring (bicyclic) bond motifs is 3. The number of benzene rings is 3. The van der Waals surface area contributed by atoms with Gasteiger partial charge in [-0.3, -0.25) is 19.1 Å². The second kappa shape index (κ2) is 13.8. The second-order valence-electron chi connectivity index (χ2n) is 11.4. The van der Waals surface area contributed by atoms with Gasteiger partial charge < -0.3 is 20.2 Å². The minimum atomic E-state index is -2.41. The number of nitrogens with one attached hydrogen (secondary N) is 2. The molecule has 1 atom stereocenters. The first-order valence-corrected chi connectivity index (χ1v) is 18.3. The van der Waals surface area contributed by atoms with Crippen LogP contribution in [-0.4, -0.2) is 65.1 Å². The summed E-state index contributed by atoms with van der Waals surface area (Å²) in [5.74, 6) is 1.62. The Kier molecular flexibility index (Phi) is 9.81. The van der Waals surface area contributed by atoms with Crippen LogP contribution in [0.2, 0.25) is 18.1 Å². The second-order valence-corrected chi connectivity index (χ2v) is 15.5. The third-order valence-electron chi connectivity index (χ3n) is 7.50. The summed E-state index contributed by atoms with van der Waals surface area (Å²) in [6.45, 7) is 8.78. The van der Waals surface area contributed by atoms with Crippen LogP contribution in [0, 0.1) is 6.92 Å². The Labute approximate surface area is 268 Å². The first-order chi connectivity index (χ1) is 21.5. The Morgan fingerprint density at radius 2 is 1.76 bits per heavy atom. The number of aliphatic imine (C=N–C) groups is 1. The molecule has 10 nitrogen and oxygen atoms in total. The lowest BCUT2D eigenvalue weighted by molar-refractivity contribution is -0.121. The van der Waals surface area contributed by atoms with Crippen molar-refractivity contribution >= 4 is 42.6 Å². The minimum absolute atomic E-state index is 0.122. The van der Waals surface area contributed by atoms with E-state index in [0.29, 0.717) is 59.8 Å². The van der Waals surface area contributed by atoms with Crippen molar-refractivity contribution in [1.29, 1.82) is 0 Å². The van der Waals surface area contributed by atoms with Crippen molar-refractivity contribution in [3.63, 3.8) is 0 Å². The first kappa shape index (κ1) is 32.1. The fourth-order valence-corrected chi connectivity index (χ4v) is 6.29. The molecule has 5 rings (SSSR count). The largest absolute Gasteiger partial charge is 0.494 e. The molecule has 0 bridgehead atoms. The molecular weight excluding hydrogens is 608 g/mol. The van der Waals surface area contributed by atoms with Gasteiger partial charge in [0.05, 0.1) is 24.4 Å². The lowest BCUT2D eigenvalue weighted by Gasteiger charge is -2.15. The van der Waals surface area contributed by atoms with Gasteiger partial charge in [-0.2, -0.15) is 0 Å². The first-order valence-electron chi connectivity index (χ1n) is 15.0. The predicted octanol–water partition coefficient (Wildman–Crippen LogP) is 4.25. The van der Waals surface area contributed by atoms with Gasteiger partial charge in [0.25, 0.3) is 5.91 Å². The number of nitrogens with zero attached hydrogens (tertiary/aromatic N) is 4. The molecule has 2 heterocycles. The van der Waals surface area contributed by atoms with Crippen LogP contribution in [-0.2, 0) is 4.79 Å². The van der Waals surface area contributed by atoms with Gasteiger partial charge >= 0.3 is 0 Å². The number of aryl methyl sites for hydroxylation is 1. The molecule has 0 saturated carbocycles. The van der Waals surface area contributed by atoms with Crippen LogP contribution in [0.3, 0.4) is 0 Å². The highest BCUT2D eigenvalue weighted by molar-refractivity contribution is 6.83. The van der Waals surface area contributed by atoms with Crippen molar-refractivity contribution in [2.45, 2.75) is 45.8 Å². The predicted molar refractivity (Wildman–Crippen MR) is 177 cm³/mol. The molecule has 45 heavy (non-hydrogen) atoms. The van der Waals surface area contributed by atoms with Gasteiger partial charge in [0.1, 0.15) is 17.6 Å². The molecule has 0 unspecified atom stereocenters. The molecule has 3 N–H and O–H groups in total. The van der Waals surface area contributed by atoms with E-state index in [1.807, 2.05) is 86.1 Å². The lowest BCUT2D eigenvalue weighted by Crippen LogP contribution is -2.41. The van der Waals surface area contributed by atoms with Gasteiger partial charge in [-0.1, -0.05) is 35.9 Å². The fraction of sp³-hybridized carbons (Fsp3) is 0.303. The average molecular weight is 645 g/mol. The van der Waals surface area contributed by atoms with E-state index in [-0.39, 0.29) is 18.2 Å². The number of carbonyl (C=O) groups excluding carboxylic acids is 2. The molecule has 3 aromatic carbocycles. The van der Waals surface area contributed by atoms with Gasteiger partial charge in [-0.05, 0) is 81.0 Å². The molecule has 4 aromatic rings. The Bertz CT molecular complexity index is 1710. The van der Waals surface area contributed by atoms with Gasteiger partial charge in [-0.15, -0.1) is 10.2 Å². The van der Waals surface area contributed by atoms with E-state index in [4.69, 9.17) is 21.3 Å². The van der Waals surface area contributed by atoms with Crippen molar-refractivity contribution in [1.82, 2.24) is 25.4 Å². The molecule has 0 aliphatic carbocycles. The minimum Gasteiger partial charge on any atom is -0.494 e. The Balaban J connectivity index is 1.34. The fourth-order valence-electron chi connectivity index (χ4n) is 5.18. The van der Waals surface area contributed by atoms with Crippen LogP contribution in [0.25, 0.3) is 5.69 Å². The third-order valence-corrected chi connectivity index (χ3v) is 9.49. The monoisotopic (exact) mass is 644 g/mol. The van der Waals surface area contributed by atoms with E-state index in [1.54, 1.807) is 12.1 Å². The maximum absolute atomic E-state index is 12.7. The normalized spacial score (nSPS) is 14.1. The molecule has 2 amide bonds. The van der Waals surface area contributed by atoms with Crippen LogP contribution in [0.1, 0.15) is 58.9 Å². The van der Waals surface area contributed by atoms with Crippen molar-refractivity contribution < 1.29 is 19.1 Å². The van der Waals surface area contributed by atoms with E-state index < -0.39 is 14.4 Å². The van der Waals surface area contributed by atoms with Gasteiger partial charge in [-0.25, -0.2) is 0 Å². The van der Waals surface area contributed by atoms with Crippen LogP contribution in [0.15, 0.2) is 71.7 Å². The van der Waals surface area contributed by atoms with E-state index in [2.05, 4.69) is 20.8 Å². The van der Waals surface area contributed by atoms with Gasteiger partial charge in [0.2, 0.25) is 14.2 Å². The maximum Gasteiger partial charge on any atom is 0.251 e. The highest BCUT2D eigenvalue weighted by Crippen LogP contribution is 2.34. The Morgan fingerprint density at radius 3 is 2.44 bits per heavy atom. The van der Waals surface area contributed by atoms with Crippen LogP contribution in [0.4, 0.5) is 0 Å². The zero-order valence-corrected chi connectivity index (χ0v) is 27.6. The molecule has 0 saturated heterocycles. The summed E-state index contributed by atoms with van der Waals surface area (Å²) in [7, 11) is -2.41. The van der Waals surface area contributed by atoms with Crippen molar-refractivity contribution in [2.75, 3.05) is 19.7 Å². The summed E-state index contributed by atoms with van der Waals surface area (Å²) in [5, 5.41) is 16.0. The number of hydrogen-bond acceptors (Lipinski definition) is 7. The van der Waals surface area contributed by atoms with Gasteiger partial charge in [0, 0.05) is 34.8 Å². The summed E-state index contributed by atoms with van der Waals surface area (Å²) >= 11 is 6.21. The van der Waals surface area contributed by atoms with Gasteiger partial charge in [0.15, 0.2) is 5.82 Å². The van der Waals surface area contributed by atoms with Crippen molar-refractivity contribution in [3.05, 3.63) is 100 Å². The highest BCUT2D eigenvalue weighted by atomic mass is 35.5. The van der Waals surface area contributed by atoms with Crippen LogP contribution < -0.4 is 20.6 Å². The highest BCUT2D eigenvalue weighted by Gasteiger charge is 2.30. The molecule has 12 heteroatoms. The average Bonchev–Trinajstić information content (AvgIpc) is 3.34. The standard InChI is InChI=1S/C33H37ClN6O4Si/c1-5-35-30(41)20-28-32-39-38-21(2)40(32)29-16-13-25(19-27(29)31(37-28)22-7-11-24(34)12-8-22)44-18-6-17-36-33(42)23-9-14-26(15-10-23)45(3,4)43/h7-16,19,28,43H,5-6,17-18,20H2,1-4H3,(H,35,41)(H,36,42)/t28-/m0/s1. The van der Waals surface area contributed by atoms with E-state index in [1.165, 1.54) is 0 Å². The zero-order chi connectivity index (χ0) is 32.1. The van der Waals surface area contributed by atoms with Crippen molar-refractivity contribution in [2.24, 2.45) is 4.99 Å².